The first-order chi connectivity index (χ1) is 15.9. The number of phenols is 1. The highest BCUT2D eigenvalue weighted by atomic mass is 32.2. The lowest BCUT2D eigenvalue weighted by Crippen LogP contribution is -2.28. The van der Waals surface area contributed by atoms with Crippen LogP contribution in [0.5, 0.6) is 5.75 Å². The second kappa shape index (κ2) is 9.97. The number of benzene rings is 3. The minimum Gasteiger partial charge on any atom is -0.507 e. The molecule has 0 aliphatic heterocycles. The number of para-hydroxylation sites is 1. The normalized spacial score (nSPS) is 12.9. The van der Waals surface area contributed by atoms with Gasteiger partial charge in [-0.15, -0.1) is 0 Å². The molecule has 3 aromatic carbocycles. The molecule has 2 atom stereocenters. The zero-order valence-corrected chi connectivity index (χ0v) is 19.4. The average Bonchev–Trinajstić information content (AvgIpc) is 2.82. The van der Waals surface area contributed by atoms with Crippen molar-refractivity contribution in [2.45, 2.75) is 19.4 Å². The van der Waals surface area contributed by atoms with Crippen LogP contribution in [0.4, 0.5) is 11.5 Å². The average molecular weight is 462 g/mol. The van der Waals surface area contributed by atoms with Crippen molar-refractivity contribution in [3.05, 3.63) is 66.7 Å². The number of aromatic hydroxyl groups is 1. The quantitative estimate of drug-likeness (QED) is 0.307. The molecule has 0 saturated carbocycles. The molecule has 0 aliphatic rings. The molecule has 5 N–H and O–H groups in total. The SMILES string of the molecule is CCC(N)CNc1nc(-c2cc(-c3ccc(NS(C)=O)cc3)ccc2O)nc2ccccc12. The topological polar surface area (TPSA) is 113 Å². The minimum absolute atomic E-state index is 0.0153. The molecule has 7 nitrogen and oxygen atoms in total. The summed E-state index contributed by atoms with van der Waals surface area (Å²) in [5.41, 5.74) is 10.1. The van der Waals surface area contributed by atoms with Crippen molar-refractivity contribution in [3.8, 4) is 28.3 Å². The molecular formula is C25H27N5O2S. The van der Waals surface area contributed by atoms with Crippen molar-refractivity contribution in [1.29, 1.82) is 0 Å². The van der Waals surface area contributed by atoms with E-state index in [0.717, 1.165) is 34.1 Å². The number of anilines is 2. The summed E-state index contributed by atoms with van der Waals surface area (Å²) in [5.74, 6) is 1.22. The lowest BCUT2D eigenvalue weighted by molar-refractivity contribution is 0.477. The van der Waals surface area contributed by atoms with E-state index < -0.39 is 11.0 Å². The smallest absolute Gasteiger partial charge is 0.165 e. The van der Waals surface area contributed by atoms with Crippen LogP contribution in [0, 0.1) is 0 Å². The summed E-state index contributed by atoms with van der Waals surface area (Å²) in [6, 6.07) is 20.8. The largest absolute Gasteiger partial charge is 0.507 e. The van der Waals surface area contributed by atoms with Crippen molar-refractivity contribution in [1.82, 2.24) is 9.97 Å². The second-order valence-corrected chi connectivity index (χ2v) is 8.94. The van der Waals surface area contributed by atoms with Crippen LogP contribution in [0.1, 0.15) is 13.3 Å². The summed E-state index contributed by atoms with van der Waals surface area (Å²) in [6.45, 7) is 2.63. The standard InChI is InChI=1S/C25H27N5O2S/c1-3-18(26)15-27-24-20-6-4-5-7-22(20)28-25(29-24)21-14-17(10-13-23(21)31)16-8-11-19(12-9-16)30-33(2)32/h4-14,18,30-31H,3,15,26H2,1-2H3,(H,27,28,29). The number of fused-ring (bicyclic) bond motifs is 1. The van der Waals surface area contributed by atoms with Gasteiger partial charge in [0.05, 0.1) is 11.1 Å². The lowest BCUT2D eigenvalue weighted by atomic mass is 10.0. The van der Waals surface area contributed by atoms with Crippen LogP contribution in [-0.2, 0) is 11.0 Å². The first-order valence-corrected chi connectivity index (χ1v) is 12.3. The Hall–Kier alpha value is -3.49. The van der Waals surface area contributed by atoms with Crippen molar-refractivity contribution >= 4 is 33.4 Å². The Morgan fingerprint density at radius 1 is 1.03 bits per heavy atom. The van der Waals surface area contributed by atoms with Crippen molar-refractivity contribution in [2.24, 2.45) is 5.73 Å². The first kappa shape index (κ1) is 22.7. The Labute approximate surface area is 195 Å². The fourth-order valence-corrected chi connectivity index (χ4v) is 3.96. The molecule has 4 aromatic rings. The molecule has 0 amide bonds. The van der Waals surface area contributed by atoms with Crippen LogP contribution in [0.25, 0.3) is 33.4 Å². The van der Waals surface area contributed by atoms with Crippen LogP contribution < -0.4 is 15.8 Å². The maximum Gasteiger partial charge on any atom is 0.165 e. The van der Waals surface area contributed by atoms with Gasteiger partial charge < -0.3 is 20.9 Å². The molecule has 33 heavy (non-hydrogen) atoms. The minimum atomic E-state index is -1.13. The summed E-state index contributed by atoms with van der Waals surface area (Å²) in [5, 5.41) is 14.9. The van der Waals surface area contributed by atoms with Gasteiger partial charge in [0.15, 0.2) is 5.82 Å². The number of nitrogens with two attached hydrogens (primary N) is 1. The molecule has 0 aliphatic carbocycles. The molecule has 0 fully saturated rings. The molecule has 1 aromatic heterocycles. The van der Waals surface area contributed by atoms with Crippen molar-refractivity contribution in [3.63, 3.8) is 0 Å². The second-order valence-electron chi connectivity index (χ2n) is 7.83. The van der Waals surface area contributed by atoms with Crippen molar-refractivity contribution < 1.29 is 9.32 Å². The molecule has 170 valence electrons. The van der Waals surface area contributed by atoms with E-state index in [9.17, 15) is 9.32 Å². The zero-order chi connectivity index (χ0) is 23.4. The Kier molecular flexibility index (Phi) is 6.86. The maximum atomic E-state index is 11.4. The summed E-state index contributed by atoms with van der Waals surface area (Å²) >= 11 is 0. The summed E-state index contributed by atoms with van der Waals surface area (Å²) in [7, 11) is -1.13. The van der Waals surface area contributed by atoms with Gasteiger partial charge in [0.2, 0.25) is 0 Å². The number of hydrogen-bond donors (Lipinski definition) is 4. The predicted molar refractivity (Wildman–Crippen MR) is 137 cm³/mol. The molecule has 0 bridgehead atoms. The molecular weight excluding hydrogens is 434 g/mol. The number of nitrogens with zero attached hydrogens (tertiary/aromatic N) is 2. The van der Waals surface area contributed by atoms with Gasteiger partial charge in [-0.2, -0.15) is 0 Å². The lowest BCUT2D eigenvalue weighted by Gasteiger charge is -2.15. The highest BCUT2D eigenvalue weighted by Crippen LogP contribution is 2.34. The fraction of sp³-hybridized carbons (Fsp3) is 0.200. The third-order valence-electron chi connectivity index (χ3n) is 5.38. The maximum absolute atomic E-state index is 11.4. The van der Waals surface area contributed by atoms with E-state index in [4.69, 9.17) is 15.7 Å². The highest BCUT2D eigenvalue weighted by molar-refractivity contribution is 7.85. The van der Waals surface area contributed by atoms with Gasteiger partial charge >= 0.3 is 0 Å². The summed E-state index contributed by atoms with van der Waals surface area (Å²) in [4.78, 5) is 9.45. The van der Waals surface area contributed by atoms with Crippen LogP contribution in [0.15, 0.2) is 66.7 Å². The van der Waals surface area contributed by atoms with Gasteiger partial charge in [-0.25, -0.2) is 14.2 Å². The first-order valence-electron chi connectivity index (χ1n) is 10.7. The number of aromatic nitrogens is 2. The van der Waals surface area contributed by atoms with E-state index >= 15 is 0 Å². The molecule has 8 heteroatoms. The third kappa shape index (κ3) is 5.30. The van der Waals surface area contributed by atoms with E-state index in [1.807, 2.05) is 67.6 Å². The summed E-state index contributed by atoms with van der Waals surface area (Å²) in [6.07, 6.45) is 2.44. The monoisotopic (exact) mass is 461 g/mol. The Balaban J connectivity index is 1.74. The van der Waals surface area contributed by atoms with E-state index in [0.29, 0.717) is 23.8 Å². The predicted octanol–water partition coefficient (Wildman–Crippen LogP) is 4.52. The van der Waals surface area contributed by atoms with Crippen molar-refractivity contribution in [2.75, 3.05) is 22.8 Å². The van der Waals surface area contributed by atoms with Crippen LogP contribution >= 0.6 is 0 Å². The van der Waals surface area contributed by atoms with Gasteiger partial charge in [0.25, 0.3) is 0 Å². The van der Waals surface area contributed by atoms with Crippen LogP contribution in [-0.4, -0.2) is 38.1 Å². The summed E-state index contributed by atoms with van der Waals surface area (Å²) < 4.78 is 14.2. The fourth-order valence-electron chi connectivity index (χ4n) is 3.50. The molecule has 0 spiro atoms. The van der Waals surface area contributed by atoms with Gasteiger partial charge in [-0.05, 0) is 53.9 Å². The Bertz CT molecular complexity index is 1290. The van der Waals surface area contributed by atoms with E-state index in [-0.39, 0.29) is 11.8 Å². The number of phenolic OH excluding ortho intramolecular Hbond substituents is 1. The Morgan fingerprint density at radius 3 is 2.48 bits per heavy atom. The molecule has 0 radical (unpaired) electrons. The van der Waals surface area contributed by atoms with E-state index in [2.05, 4.69) is 10.0 Å². The van der Waals surface area contributed by atoms with Gasteiger partial charge in [0.1, 0.15) is 22.6 Å². The Morgan fingerprint density at radius 2 is 1.76 bits per heavy atom. The molecule has 1 heterocycles. The number of hydrogen-bond acceptors (Lipinski definition) is 6. The van der Waals surface area contributed by atoms with Crippen LogP contribution in [0.3, 0.4) is 0 Å². The third-order valence-corrected chi connectivity index (χ3v) is 5.90. The van der Waals surface area contributed by atoms with Gasteiger partial charge in [0, 0.05) is 29.9 Å². The molecule has 4 rings (SSSR count). The van der Waals surface area contributed by atoms with Crippen LogP contribution in [0.2, 0.25) is 0 Å². The molecule has 2 unspecified atom stereocenters. The van der Waals surface area contributed by atoms with E-state index in [1.165, 1.54) is 0 Å². The zero-order valence-electron chi connectivity index (χ0n) is 18.6. The van der Waals surface area contributed by atoms with Gasteiger partial charge in [-0.3, -0.25) is 0 Å². The number of nitrogens with one attached hydrogen (secondary N) is 2. The highest BCUT2D eigenvalue weighted by Gasteiger charge is 2.14. The van der Waals surface area contributed by atoms with E-state index in [1.54, 1.807) is 12.3 Å². The van der Waals surface area contributed by atoms with Gasteiger partial charge in [-0.1, -0.05) is 37.3 Å². The number of rotatable bonds is 8. The molecule has 0 saturated heterocycles.